The van der Waals surface area contributed by atoms with Crippen molar-refractivity contribution < 1.29 is 9.59 Å². The summed E-state index contributed by atoms with van der Waals surface area (Å²) in [6.45, 7) is 1.54. The number of nitrogens with one attached hydrogen (secondary N) is 1. The van der Waals surface area contributed by atoms with Gasteiger partial charge in [0, 0.05) is 18.1 Å². The highest BCUT2D eigenvalue weighted by molar-refractivity contribution is 7.98. The molecule has 1 aromatic rings. The van der Waals surface area contributed by atoms with Crippen LogP contribution in [0.1, 0.15) is 29.6 Å². The molecule has 1 heterocycles. The molecule has 2 rings (SSSR count). The van der Waals surface area contributed by atoms with E-state index in [1.807, 2.05) is 11.2 Å². The Labute approximate surface area is 150 Å². The molecule has 1 unspecified atom stereocenters. The minimum Gasteiger partial charge on any atom is -0.341 e. The maximum atomic E-state index is 12.6. The molecule has 1 atom stereocenters. The number of nitrogens with zero attached hydrogens (tertiary/aromatic N) is 1. The molecule has 2 amide bonds. The third-order valence-electron chi connectivity index (χ3n) is 3.81. The molecule has 0 saturated carbocycles. The van der Waals surface area contributed by atoms with E-state index in [0.717, 1.165) is 31.7 Å². The van der Waals surface area contributed by atoms with Crippen molar-refractivity contribution in [2.45, 2.75) is 25.3 Å². The molecule has 0 radical (unpaired) electrons. The van der Waals surface area contributed by atoms with E-state index < -0.39 is 6.04 Å². The average molecular weight is 375 g/mol. The summed E-state index contributed by atoms with van der Waals surface area (Å²) in [5.74, 6) is 0.457. The summed E-state index contributed by atoms with van der Waals surface area (Å²) in [6.07, 6.45) is 4.64. The molecule has 126 valence electrons. The lowest BCUT2D eigenvalue weighted by molar-refractivity contribution is -0.132. The Kier molecular flexibility index (Phi) is 7.06. The Balaban J connectivity index is 2.09. The molecule has 0 bridgehead atoms. The molecule has 1 fully saturated rings. The lowest BCUT2D eigenvalue weighted by atomic mass is 10.1. The van der Waals surface area contributed by atoms with Gasteiger partial charge in [-0.25, -0.2) is 0 Å². The predicted molar refractivity (Wildman–Crippen MR) is 96.5 cm³/mol. The van der Waals surface area contributed by atoms with E-state index in [1.165, 1.54) is 6.07 Å². The van der Waals surface area contributed by atoms with E-state index in [9.17, 15) is 9.59 Å². The summed E-state index contributed by atoms with van der Waals surface area (Å²) < 4.78 is 0. The van der Waals surface area contributed by atoms with Crippen LogP contribution in [0.3, 0.4) is 0 Å². The second-order valence-corrected chi connectivity index (χ2v) is 7.29. The van der Waals surface area contributed by atoms with Gasteiger partial charge < -0.3 is 10.2 Å². The second kappa shape index (κ2) is 8.81. The zero-order valence-electron chi connectivity index (χ0n) is 13.0. The van der Waals surface area contributed by atoms with E-state index in [-0.39, 0.29) is 16.8 Å². The maximum absolute atomic E-state index is 12.6. The fourth-order valence-electron chi connectivity index (χ4n) is 2.56. The molecule has 1 aliphatic heterocycles. The average Bonchev–Trinajstić information content (AvgIpc) is 3.04. The van der Waals surface area contributed by atoms with E-state index in [0.29, 0.717) is 17.0 Å². The zero-order chi connectivity index (χ0) is 16.8. The Morgan fingerprint density at radius 2 is 2.00 bits per heavy atom. The number of carbonyl (C=O) groups is 2. The van der Waals surface area contributed by atoms with Gasteiger partial charge in [-0.1, -0.05) is 23.2 Å². The normalized spacial score (nSPS) is 15.5. The fourth-order valence-corrected chi connectivity index (χ4v) is 3.53. The van der Waals surface area contributed by atoms with Crippen molar-refractivity contribution in [1.82, 2.24) is 10.2 Å². The second-order valence-electron chi connectivity index (χ2n) is 5.46. The lowest BCUT2D eigenvalue weighted by Gasteiger charge is -2.24. The first-order chi connectivity index (χ1) is 11.0. The highest BCUT2D eigenvalue weighted by Gasteiger charge is 2.28. The minimum atomic E-state index is -0.514. The number of thioether (sulfide) groups is 1. The van der Waals surface area contributed by atoms with Crippen molar-refractivity contribution in [3.63, 3.8) is 0 Å². The molecule has 0 aromatic heterocycles. The van der Waals surface area contributed by atoms with Gasteiger partial charge in [0.1, 0.15) is 6.04 Å². The maximum Gasteiger partial charge on any atom is 0.253 e. The van der Waals surface area contributed by atoms with Crippen LogP contribution >= 0.6 is 35.0 Å². The number of hydrogen-bond donors (Lipinski definition) is 1. The van der Waals surface area contributed by atoms with Gasteiger partial charge in [0.05, 0.1) is 10.6 Å². The molecule has 1 aliphatic rings. The van der Waals surface area contributed by atoms with Crippen LogP contribution in [-0.4, -0.2) is 47.9 Å². The molecular formula is C16H20Cl2N2O2S. The number of carbonyl (C=O) groups excluding carboxylic acids is 2. The van der Waals surface area contributed by atoms with Gasteiger partial charge in [-0.05, 0) is 49.5 Å². The van der Waals surface area contributed by atoms with Crippen molar-refractivity contribution in [3.8, 4) is 0 Å². The van der Waals surface area contributed by atoms with Crippen molar-refractivity contribution in [1.29, 1.82) is 0 Å². The Hall–Kier alpha value is -0.910. The predicted octanol–water partition coefficient (Wildman–Crippen LogP) is 3.47. The van der Waals surface area contributed by atoms with Crippen LogP contribution in [-0.2, 0) is 4.79 Å². The van der Waals surface area contributed by atoms with Crippen LogP contribution < -0.4 is 5.32 Å². The highest BCUT2D eigenvalue weighted by atomic mass is 35.5. The van der Waals surface area contributed by atoms with E-state index >= 15 is 0 Å². The summed E-state index contributed by atoms with van der Waals surface area (Å²) in [5.41, 5.74) is 0.333. The summed E-state index contributed by atoms with van der Waals surface area (Å²) >= 11 is 13.6. The summed E-state index contributed by atoms with van der Waals surface area (Å²) in [5, 5.41) is 3.59. The van der Waals surface area contributed by atoms with Gasteiger partial charge >= 0.3 is 0 Å². The van der Waals surface area contributed by atoms with Crippen LogP contribution in [0.25, 0.3) is 0 Å². The fraction of sp³-hybridized carbons (Fsp3) is 0.500. The third kappa shape index (κ3) is 5.03. The van der Waals surface area contributed by atoms with Crippen LogP contribution in [0.4, 0.5) is 0 Å². The van der Waals surface area contributed by atoms with E-state index in [4.69, 9.17) is 23.2 Å². The lowest BCUT2D eigenvalue weighted by Crippen LogP contribution is -2.48. The Morgan fingerprint density at radius 3 is 2.61 bits per heavy atom. The van der Waals surface area contributed by atoms with Crippen molar-refractivity contribution in [2.24, 2.45) is 0 Å². The van der Waals surface area contributed by atoms with Crippen LogP contribution in [0.15, 0.2) is 18.2 Å². The monoisotopic (exact) mass is 374 g/mol. The van der Waals surface area contributed by atoms with E-state index in [2.05, 4.69) is 5.32 Å². The number of halogens is 2. The highest BCUT2D eigenvalue weighted by Crippen LogP contribution is 2.21. The van der Waals surface area contributed by atoms with E-state index in [1.54, 1.807) is 23.9 Å². The molecule has 1 aromatic carbocycles. The zero-order valence-corrected chi connectivity index (χ0v) is 15.3. The van der Waals surface area contributed by atoms with Gasteiger partial charge in [-0.2, -0.15) is 11.8 Å². The molecule has 7 heteroatoms. The smallest absolute Gasteiger partial charge is 0.253 e. The molecule has 0 spiro atoms. The standard InChI is InChI=1S/C16H20Cl2N2O2S/c1-23-9-6-14(16(22)20-7-2-3-8-20)19-15(21)12-5-4-11(17)10-13(12)18/h4-5,10,14H,2-3,6-9H2,1H3,(H,19,21). The van der Waals surface area contributed by atoms with Crippen molar-refractivity contribution in [3.05, 3.63) is 33.8 Å². The first-order valence-electron chi connectivity index (χ1n) is 7.56. The van der Waals surface area contributed by atoms with Crippen LogP contribution in [0, 0.1) is 0 Å². The molecular weight excluding hydrogens is 355 g/mol. The van der Waals surface area contributed by atoms with Crippen LogP contribution in [0.2, 0.25) is 10.0 Å². The quantitative estimate of drug-likeness (QED) is 0.829. The van der Waals surface area contributed by atoms with Crippen molar-refractivity contribution in [2.75, 3.05) is 25.1 Å². The molecule has 0 aliphatic carbocycles. The number of amides is 2. The SMILES string of the molecule is CSCCC(NC(=O)c1ccc(Cl)cc1Cl)C(=O)N1CCCC1. The molecule has 4 nitrogen and oxygen atoms in total. The summed E-state index contributed by atoms with van der Waals surface area (Å²) in [7, 11) is 0. The van der Waals surface area contributed by atoms with Gasteiger partial charge in [-0.3, -0.25) is 9.59 Å². The molecule has 1 N–H and O–H groups in total. The number of rotatable bonds is 6. The summed E-state index contributed by atoms with van der Waals surface area (Å²) in [6, 6.07) is 4.20. The molecule has 1 saturated heterocycles. The number of likely N-dealkylation sites (tertiary alicyclic amines) is 1. The largest absolute Gasteiger partial charge is 0.341 e. The first kappa shape index (κ1) is 18.4. The number of hydrogen-bond acceptors (Lipinski definition) is 3. The first-order valence-corrected chi connectivity index (χ1v) is 9.71. The Bertz CT molecular complexity index is 577. The summed E-state index contributed by atoms with van der Waals surface area (Å²) in [4.78, 5) is 26.9. The minimum absolute atomic E-state index is 0.00464. The topological polar surface area (TPSA) is 49.4 Å². The number of benzene rings is 1. The Morgan fingerprint density at radius 1 is 1.30 bits per heavy atom. The van der Waals surface area contributed by atoms with Gasteiger partial charge in [-0.15, -0.1) is 0 Å². The van der Waals surface area contributed by atoms with Gasteiger partial charge in [0.15, 0.2) is 0 Å². The van der Waals surface area contributed by atoms with Crippen molar-refractivity contribution >= 4 is 46.8 Å². The molecule has 23 heavy (non-hydrogen) atoms. The van der Waals surface area contributed by atoms with Gasteiger partial charge in [0.25, 0.3) is 5.91 Å². The third-order valence-corrected chi connectivity index (χ3v) is 5.00. The van der Waals surface area contributed by atoms with Crippen LogP contribution in [0.5, 0.6) is 0 Å². The van der Waals surface area contributed by atoms with Gasteiger partial charge in [0.2, 0.25) is 5.91 Å².